The molecule has 2 aliphatic heterocycles. The topological polar surface area (TPSA) is 67.7 Å². The molecule has 2 aromatic carbocycles. The van der Waals surface area contributed by atoms with Crippen molar-refractivity contribution in [1.29, 1.82) is 5.26 Å². The summed E-state index contributed by atoms with van der Waals surface area (Å²) >= 11 is 0. The van der Waals surface area contributed by atoms with E-state index < -0.39 is 0 Å². The molecule has 2 aliphatic rings. The summed E-state index contributed by atoms with van der Waals surface area (Å²) in [6.07, 6.45) is 3.80. The first-order valence-corrected chi connectivity index (χ1v) is 12.4. The molecule has 2 heterocycles. The summed E-state index contributed by atoms with van der Waals surface area (Å²) < 4.78 is 0. The molecular weight excluding hydrogens is 424 g/mol. The van der Waals surface area contributed by atoms with E-state index in [9.17, 15) is 9.59 Å². The van der Waals surface area contributed by atoms with Gasteiger partial charge in [0.25, 0.3) is 0 Å². The summed E-state index contributed by atoms with van der Waals surface area (Å²) in [5.74, 6) is 0.489. The predicted octanol–water partition coefficient (Wildman–Crippen LogP) is 3.46. The third kappa shape index (κ3) is 6.45. The quantitative estimate of drug-likeness (QED) is 0.665. The van der Waals surface area contributed by atoms with E-state index in [1.807, 2.05) is 52.3 Å². The first-order chi connectivity index (χ1) is 16.6. The van der Waals surface area contributed by atoms with Crippen molar-refractivity contribution < 1.29 is 9.59 Å². The van der Waals surface area contributed by atoms with Crippen LogP contribution in [0.25, 0.3) is 0 Å². The van der Waals surface area contributed by atoms with Crippen molar-refractivity contribution in [2.45, 2.75) is 38.6 Å². The minimum atomic E-state index is 0.0308. The molecule has 6 heteroatoms. The van der Waals surface area contributed by atoms with E-state index in [2.05, 4.69) is 23.1 Å². The van der Waals surface area contributed by atoms with Crippen molar-refractivity contribution in [1.82, 2.24) is 14.7 Å². The van der Waals surface area contributed by atoms with Crippen LogP contribution in [0.2, 0.25) is 0 Å². The number of piperidine rings is 1. The molecule has 0 radical (unpaired) electrons. The lowest BCUT2D eigenvalue weighted by atomic mass is 9.94. The molecule has 0 aromatic heterocycles. The lowest BCUT2D eigenvalue weighted by Gasteiger charge is -2.34. The summed E-state index contributed by atoms with van der Waals surface area (Å²) in [6, 6.07) is 20.0. The van der Waals surface area contributed by atoms with Gasteiger partial charge in [0.1, 0.15) is 0 Å². The second-order valence-corrected chi connectivity index (χ2v) is 9.40. The third-order valence-corrected chi connectivity index (χ3v) is 7.06. The van der Waals surface area contributed by atoms with Crippen LogP contribution < -0.4 is 0 Å². The van der Waals surface area contributed by atoms with Gasteiger partial charge in [-0.2, -0.15) is 5.26 Å². The largest absolute Gasteiger partial charge is 0.343 e. The van der Waals surface area contributed by atoms with Crippen LogP contribution >= 0.6 is 0 Å². The van der Waals surface area contributed by atoms with Crippen molar-refractivity contribution in [3.63, 3.8) is 0 Å². The first kappa shape index (κ1) is 24.0. The number of nitriles is 1. The second kappa shape index (κ2) is 11.8. The van der Waals surface area contributed by atoms with Crippen molar-refractivity contribution in [3.8, 4) is 6.07 Å². The number of rotatable bonds is 6. The van der Waals surface area contributed by atoms with E-state index in [-0.39, 0.29) is 17.7 Å². The number of carbonyl (C=O) groups excluding carboxylic acids is 2. The van der Waals surface area contributed by atoms with Crippen LogP contribution in [0.5, 0.6) is 0 Å². The fourth-order valence-corrected chi connectivity index (χ4v) is 4.98. The average molecular weight is 459 g/mol. The van der Waals surface area contributed by atoms with Crippen molar-refractivity contribution in [2.24, 2.45) is 5.92 Å². The van der Waals surface area contributed by atoms with Gasteiger partial charge < -0.3 is 9.80 Å². The predicted molar refractivity (Wildman–Crippen MR) is 132 cm³/mol. The van der Waals surface area contributed by atoms with E-state index >= 15 is 0 Å². The van der Waals surface area contributed by atoms with Crippen LogP contribution in [0.4, 0.5) is 0 Å². The van der Waals surface area contributed by atoms with Gasteiger partial charge in [0.15, 0.2) is 0 Å². The molecule has 0 saturated carbocycles. The highest BCUT2D eigenvalue weighted by molar-refractivity contribution is 5.80. The highest BCUT2D eigenvalue weighted by atomic mass is 16.2. The van der Waals surface area contributed by atoms with Crippen molar-refractivity contribution in [2.75, 3.05) is 39.3 Å². The molecule has 4 rings (SSSR count). The summed E-state index contributed by atoms with van der Waals surface area (Å²) in [5.41, 5.74) is 3.07. The molecule has 0 bridgehead atoms. The minimum absolute atomic E-state index is 0.0308. The normalized spacial score (nSPS) is 17.7. The number of carbonyl (C=O) groups is 2. The first-order valence-electron chi connectivity index (χ1n) is 12.4. The molecule has 6 nitrogen and oxygen atoms in total. The third-order valence-electron chi connectivity index (χ3n) is 7.06. The standard InChI is InChI=1S/C28H34N4O2/c29-21-24-7-9-25(10-8-24)22-30-15-4-16-32(20-19-30)28(34)26-13-17-31(18-14-26)27(33)12-11-23-5-2-1-3-6-23/h1-3,5-10,26H,4,11-20,22H2. The maximum atomic E-state index is 13.2. The molecule has 0 N–H and O–H groups in total. The molecule has 0 unspecified atom stereocenters. The van der Waals surface area contributed by atoms with Crippen LogP contribution in [0, 0.1) is 17.2 Å². The molecule has 2 saturated heterocycles. The number of amides is 2. The molecule has 0 aliphatic carbocycles. The van der Waals surface area contributed by atoms with E-state index in [0.717, 1.165) is 58.4 Å². The fraction of sp³-hybridized carbons (Fsp3) is 0.464. The van der Waals surface area contributed by atoms with Crippen LogP contribution in [-0.2, 0) is 22.6 Å². The molecule has 2 aromatic rings. The Hall–Kier alpha value is -3.17. The number of aryl methyl sites for hydroxylation is 1. The zero-order valence-electron chi connectivity index (χ0n) is 19.9. The summed E-state index contributed by atoms with van der Waals surface area (Å²) in [4.78, 5) is 32.2. The maximum absolute atomic E-state index is 13.2. The maximum Gasteiger partial charge on any atom is 0.225 e. The van der Waals surface area contributed by atoms with Gasteiger partial charge >= 0.3 is 0 Å². The van der Waals surface area contributed by atoms with E-state index in [1.165, 1.54) is 11.1 Å². The Balaban J connectivity index is 1.20. The lowest BCUT2D eigenvalue weighted by Crippen LogP contribution is -2.45. The van der Waals surface area contributed by atoms with Gasteiger partial charge in [-0.15, -0.1) is 0 Å². The van der Waals surface area contributed by atoms with Crippen molar-refractivity contribution in [3.05, 3.63) is 71.3 Å². The van der Waals surface area contributed by atoms with Gasteiger partial charge in [0.05, 0.1) is 11.6 Å². The van der Waals surface area contributed by atoms with E-state index in [4.69, 9.17) is 5.26 Å². The number of nitrogens with zero attached hydrogens (tertiary/aromatic N) is 4. The zero-order chi connectivity index (χ0) is 23.8. The smallest absolute Gasteiger partial charge is 0.225 e. The van der Waals surface area contributed by atoms with Crippen LogP contribution in [0.15, 0.2) is 54.6 Å². The Bertz CT molecular complexity index is 991. The van der Waals surface area contributed by atoms with E-state index in [0.29, 0.717) is 25.1 Å². The highest BCUT2D eigenvalue weighted by Gasteiger charge is 2.30. The van der Waals surface area contributed by atoms with Crippen LogP contribution in [0.1, 0.15) is 42.4 Å². The van der Waals surface area contributed by atoms with Gasteiger partial charge in [0.2, 0.25) is 11.8 Å². The van der Waals surface area contributed by atoms with Crippen LogP contribution in [-0.4, -0.2) is 65.8 Å². The fourth-order valence-electron chi connectivity index (χ4n) is 4.98. The molecular formula is C28H34N4O2. The average Bonchev–Trinajstić information content (AvgIpc) is 3.13. The number of hydrogen-bond acceptors (Lipinski definition) is 4. The van der Waals surface area contributed by atoms with Gasteiger partial charge in [0, 0.05) is 58.2 Å². The van der Waals surface area contributed by atoms with Gasteiger partial charge in [-0.1, -0.05) is 42.5 Å². The highest BCUT2D eigenvalue weighted by Crippen LogP contribution is 2.22. The minimum Gasteiger partial charge on any atom is -0.343 e. The molecule has 0 atom stereocenters. The number of benzene rings is 2. The summed E-state index contributed by atoms with van der Waals surface area (Å²) in [6.45, 7) is 5.60. The number of hydrogen-bond donors (Lipinski definition) is 0. The Morgan fingerprint density at radius 3 is 2.26 bits per heavy atom. The van der Waals surface area contributed by atoms with Crippen molar-refractivity contribution >= 4 is 11.8 Å². The molecule has 2 amide bonds. The van der Waals surface area contributed by atoms with Gasteiger partial charge in [-0.25, -0.2) is 0 Å². The lowest BCUT2D eigenvalue weighted by molar-refractivity contribution is -0.140. The molecule has 0 spiro atoms. The number of likely N-dealkylation sites (tertiary alicyclic amines) is 1. The monoisotopic (exact) mass is 458 g/mol. The SMILES string of the molecule is N#Cc1ccc(CN2CCCN(C(=O)C3CCN(C(=O)CCc4ccccc4)CC3)CC2)cc1. The Labute approximate surface area is 202 Å². The Morgan fingerprint density at radius 1 is 0.824 bits per heavy atom. The second-order valence-electron chi connectivity index (χ2n) is 9.40. The van der Waals surface area contributed by atoms with Gasteiger partial charge in [-0.3, -0.25) is 14.5 Å². The summed E-state index contributed by atoms with van der Waals surface area (Å²) in [7, 11) is 0. The molecule has 2 fully saturated rings. The Kier molecular flexibility index (Phi) is 8.32. The molecule has 34 heavy (non-hydrogen) atoms. The van der Waals surface area contributed by atoms with E-state index in [1.54, 1.807) is 0 Å². The summed E-state index contributed by atoms with van der Waals surface area (Å²) in [5, 5.41) is 8.97. The van der Waals surface area contributed by atoms with Gasteiger partial charge in [-0.05, 0) is 48.9 Å². The van der Waals surface area contributed by atoms with Crippen LogP contribution in [0.3, 0.4) is 0 Å². The molecule has 178 valence electrons. The Morgan fingerprint density at radius 2 is 1.56 bits per heavy atom. The zero-order valence-corrected chi connectivity index (χ0v) is 19.9.